The van der Waals surface area contributed by atoms with Crippen molar-refractivity contribution in [1.82, 2.24) is 20.4 Å². The zero-order chi connectivity index (χ0) is 18.1. The molecule has 146 valence electrons. The predicted octanol–water partition coefficient (Wildman–Crippen LogP) is 1.92. The maximum absolute atomic E-state index is 11.8. The Morgan fingerprint density at radius 3 is 2.40 bits per heavy atom. The van der Waals surface area contributed by atoms with Crippen LogP contribution in [0.4, 0.5) is 0 Å². The molecule has 0 atom stereocenters. The average molecular weight is 465 g/mol. The molecular formula is C18H36IN5O. The third kappa shape index (κ3) is 10.7. The fraction of sp³-hybridized carbons (Fsp3) is 0.778. The Labute approximate surface area is 170 Å². The minimum atomic E-state index is 0. The molecule has 1 amide bonds. The molecule has 0 spiro atoms. The number of guanidine groups is 1. The van der Waals surface area contributed by atoms with Gasteiger partial charge in [-0.05, 0) is 25.7 Å². The van der Waals surface area contributed by atoms with Gasteiger partial charge in [0.2, 0.25) is 5.91 Å². The van der Waals surface area contributed by atoms with E-state index in [2.05, 4.69) is 47.9 Å². The van der Waals surface area contributed by atoms with Crippen molar-refractivity contribution in [1.29, 1.82) is 0 Å². The first-order chi connectivity index (χ1) is 11.3. The van der Waals surface area contributed by atoms with E-state index < -0.39 is 0 Å². The quantitative estimate of drug-likeness (QED) is 0.261. The van der Waals surface area contributed by atoms with Gasteiger partial charge in [0.1, 0.15) is 6.54 Å². The number of carbonyl (C=O) groups is 1. The lowest BCUT2D eigenvalue weighted by Gasteiger charge is -2.33. The smallest absolute Gasteiger partial charge is 0.243 e. The van der Waals surface area contributed by atoms with E-state index in [0.717, 1.165) is 45.0 Å². The average Bonchev–Trinajstić information content (AvgIpc) is 2.50. The normalized spacial score (nSPS) is 16.3. The van der Waals surface area contributed by atoms with Gasteiger partial charge in [0, 0.05) is 46.3 Å². The second-order valence-electron chi connectivity index (χ2n) is 7.38. The van der Waals surface area contributed by atoms with Crippen molar-refractivity contribution in [3.63, 3.8) is 0 Å². The van der Waals surface area contributed by atoms with Crippen molar-refractivity contribution in [2.24, 2.45) is 10.9 Å². The summed E-state index contributed by atoms with van der Waals surface area (Å²) in [6.07, 6.45) is 2.16. The number of piperidine rings is 1. The van der Waals surface area contributed by atoms with Gasteiger partial charge in [0.25, 0.3) is 0 Å². The topological polar surface area (TPSA) is 60.0 Å². The summed E-state index contributed by atoms with van der Waals surface area (Å²) in [5.41, 5.74) is 1.21. The Morgan fingerprint density at radius 1 is 1.32 bits per heavy atom. The molecule has 7 heteroatoms. The summed E-state index contributed by atoms with van der Waals surface area (Å²) in [7, 11) is 3.51. The molecule has 0 radical (unpaired) electrons. The van der Waals surface area contributed by atoms with Crippen molar-refractivity contribution in [2.45, 2.75) is 39.7 Å². The van der Waals surface area contributed by atoms with Crippen LogP contribution in [0.3, 0.4) is 0 Å². The summed E-state index contributed by atoms with van der Waals surface area (Å²) in [5, 5.41) is 6.84. The van der Waals surface area contributed by atoms with Gasteiger partial charge in [-0.3, -0.25) is 9.69 Å². The van der Waals surface area contributed by atoms with E-state index in [9.17, 15) is 4.79 Å². The predicted molar refractivity (Wildman–Crippen MR) is 117 cm³/mol. The summed E-state index contributed by atoms with van der Waals surface area (Å²) < 4.78 is 0. The number of hydrogen-bond acceptors (Lipinski definition) is 3. The highest BCUT2D eigenvalue weighted by molar-refractivity contribution is 14.0. The first-order valence-electron chi connectivity index (χ1n) is 8.89. The standard InChI is InChI=1S/C18H35N5O.HI/c1-14(2)11-19-18(20-12-17(24)22(5)6)21-16-7-9-23(10-8-16)13-15(3)4;/h14,16H,3,7-13H2,1-2,4-6H3,(H2,19,20,21);1H. The molecule has 0 aromatic heterocycles. The summed E-state index contributed by atoms with van der Waals surface area (Å²) in [4.78, 5) is 20.2. The Kier molecular flexibility index (Phi) is 12.1. The van der Waals surface area contributed by atoms with E-state index >= 15 is 0 Å². The number of likely N-dealkylation sites (N-methyl/N-ethyl adjacent to an activating group) is 1. The number of hydrogen-bond donors (Lipinski definition) is 2. The van der Waals surface area contributed by atoms with Crippen LogP contribution in [0.15, 0.2) is 17.1 Å². The maximum Gasteiger partial charge on any atom is 0.243 e. The van der Waals surface area contributed by atoms with Crippen molar-refractivity contribution in [3.8, 4) is 0 Å². The van der Waals surface area contributed by atoms with E-state index in [1.807, 2.05) is 0 Å². The van der Waals surface area contributed by atoms with Gasteiger partial charge in [-0.15, -0.1) is 24.0 Å². The molecule has 25 heavy (non-hydrogen) atoms. The molecule has 1 rings (SSSR count). The molecule has 0 aliphatic carbocycles. The van der Waals surface area contributed by atoms with Crippen LogP contribution >= 0.6 is 24.0 Å². The first-order valence-corrected chi connectivity index (χ1v) is 8.89. The number of aliphatic imine (C=N–C) groups is 1. The van der Waals surface area contributed by atoms with E-state index in [1.165, 1.54) is 5.57 Å². The molecule has 2 N–H and O–H groups in total. The second-order valence-corrected chi connectivity index (χ2v) is 7.38. The molecule has 1 aliphatic rings. The van der Waals surface area contributed by atoms with Gasteiger partial charge in [-0.2, -0.15) is 0 Å². The Hall–Kier alpha value is -0.830. The third-order valence-corrected chi connectivity index (χ3v) is 3.97. The fourth-order valence-corrected chi connectivity index (χ4v) is 2.55. The van der Waals surface area contributed by atoms with Crippen LogP contribution in [-0.2, 0) is 4.79 Å². The monoisotopic (exact) mass is 465 g/mol. The molecule has 1 heterocycles. The second kappa shape index (κ2) is 12.5. The molecule has 0 bridgehead atoms. The van der Waals surface area contributed by atoms with Crippen LogP contribution in [0.25, 0.3) is 0 Å². The number of halogens is 1. The van der Waals surface area contributed by atoms with Crippen LogP contribution in [-0.4, -0.2) is 74.5 Å². The Bertz CT molecular complexity index is 443. The van der Waals surface area contributed by atoms with E-state index in [4.69, 9.17) is 0 Å². The summed E-state index contributed by atoms with van der Waals surface area (Å²) in [6.45, 7) is 14.5. The van der Waals surface area contributed by atoms with E-state index in [0.29, 0.717) is 12.0 Å². The van der Waals surface area contributed by atoms with Crippen molar-refractivity contribution in [3.05, 3.63) is 12.2 Å². The molecule has 6 nitrogen and oxygen atoms in total. The van der Waals surface area contributed by atoms with E-state index in [-0.39, 0.29) is 36.4 Å². The summed E-state index contributed by atoms with van der Waals surface area (Å²) in [5.74, 6) is 1.29. The van der Waals surface area contributed by atoms with Crippen molar-refractivity contribution < 1.29 is 4.79 Å². The Morgan fingerprint density at radius 2 is 1.92 bits per heavy atom. The Balaban J connectivity index is 0.00000576. The highest BCUT2D eigenvalue weighted by atomic mass is 127. The van der Waals surface area contributed by atoms with Gasteiger partial charge >= 0.3 is 0 Å². The molecule has 0 saturated carbocycles. The van der Waals surface area contributed by atoms with Crippen LogP contribution in [0.2, 0.25) is 0 Å². The zero-order valence-corrected chi connectivity index (χ0v) is 18.8. The third-order valence-electron chi connectivity index (χ3n) is 3.97. The van der Waals surface area contributed by atoms with Gasteiger partial charge in [-0.1, -0.05) is 26.0 Å². The van der Waals surface area contributed by atoms with Crippen LogP contribution in [0.5, 0.6) is 0 Å². The largest absolute Gasteiger partial charge is 0.356 e. The summed E-state index contributed by atoms with van der Waals surface area (Å²) in [6, 6.07) is 0.402. The van der Waals surface area contributed by atoms with Crippen LogP contribution in [0.1, 0.15) is 33.6 Å². The maximum atomic E-state index is 11.8. The lowest BCUT2D eigenvalue weighted by molar-refractivity contribution is -0.127. The van der Waals surface area contributed by atoms with Crippen LogP contribution < -0.4 is 10.6 Å². The fourth-order valence-electron chi connectivity index (χ4n) is 2.55. The molecular weight excluding hydrogens is 429 g/mol. The lowest BCUT2D eigenvalue weighted by Crippen LogP contribution is -2.49. The molecule has 0 aromatic carbocycles. The highest BCUT2D eigenvalue weighted by Gasteiger charge is 2.20. The number of nitrogens with zero attached hydrogens (tertiary/aromatic N) is 3. The first kappa shape index (κ1) is 24.2. The summed E-state index contributed by atoms with van der Waals surface area (Å²) >= 11 is 0. The minimum absolute atomic E-state index is 0. The number of likely N-dealkylation sites (tertiary alicyclic amines) is 1. The number of amides is 1. The van der Waals surface area contributed by atoms with Crippen LogP contribution in [0, 0.1) is 5.92 Å². The van der Waals surface area contributed by atoms with Gasteiger partial charge in [0.05, 0.1) is 0 Å². The minimum Gasteiger partial charge on any atom is -0.356 e. The van der Waals surface area contributed by atoms with Gasteiger partial charge in [0.15, 0.2) is 5.96 Å². The van der Waals surface area contributed by atoms with Crippen molar-refractivity contribution in [2.75, 3.05) is 46.8 Å². The molecule has 1 aliphatic heterocycles. The van der Waals surface area contributed by atoms with Gasteiger partial charge in [-0.25, -0.2) is 4.99 Å². The molecule has 0 unspecified atom stereocenters. The zero-order valence-electron chi connectivity index (χ0n) is 16.5. The molecule has 1 saturated heterocycles. The SMILES string of the molecule is C=C(C)CN1CCC(NC(=NCC(=O)N(C)C)NCC(C)C)CC1.I. The number of carbonyl (C=O) groups excluding carboxylic acids is 1. The highest BCUT2D eigenvalue weighted by Crippen LogP contribution is 2.11. The van der Waals surface area contributed by atoms with E-state index in [1.54, 1.807) is 19.0 Å². The lowest BCUT2D eigenvalue weighted by atomic mass is 10.0. The number of rotatable bonds is 7. The molecule has 1 fully saturated rings. The number of nitrogens with one attached hydrogen (secondary N) is 2. The van der Waals surface area contributed by atoms with Gasteiger partial charge < -0.3 is 15.5 Å². The molecule has 0 aromatic rings. The van der Waals surface area contributed by atoms with Crippen molar-refractivity contribution >= 4 is 35.8 Å².